The maximum absolute atomic E-state index is 11.3. The van der Waals surface area contributed by atoms with Gasteiger partial charge in [-0.05, 0) is 12.8 Å². The Morgan fingerprint density at radius 1 is 1.33 bits per heavy atom. The van der Waals surface area contributed by atoms with Gasteiger partial charge in [0.2, 0.25) is 5.91 Å². The third kappa shape index (κ3) is 3.24. The van der Waals surface area contributed by atoms with Crippen molar-refractivity contribution in [1.29, 1.82) is 0 Å². The summed E-state index contributed by atoms with van der Waals surface area (Å²) in [6.45, 7) is 6.97. The monoisotopic (exact) mass is 171 g/mol. The number of rotatable bonds is 0. The average Bonchev–Trinajstić information content (AvgIpc) is 2.24. The van der Waals surface area contributed by atoms with Gasteiger partial charge in [-0.2, -0.15) is 0 Å². The van der Waals surface area contributed by atoms with E-state index in [4.69, 9.17) is 0 Å². The Hall–Kier alpha value is -0.530. The summed E-state index contributed by atoms with van der Waals surface area (Å²) < 4.78 is 0. The Morgan fingerprint density at radius 3 is 2.50 bits per heavy atom. The lowest BCUT2D eigenvalue weighted by molar-refractivity contribution is -0.133. The second kappa shape index (κ2) is 6.04. The van der Waals surface area contributed by atoms with Crippen LogP contribution in [0, 0.1) is 5.92 Å². The minimum atomic E-state index is 0.257. The molecule has 1 aliphatic heterocycles. The summed E-state index contributed by atoms with van der Waals surface area (Å²) in [4.78, 5) is 13.1. The number of hydrogen-bond acceptors (Lipinski definition) is 1. The van der Waals surface area contributed by atoms with Crippen molar-refractivity contribution in [3.05, 3.63) is 0 Å². The number of amides is 1. The van der Waals surface area contributed by atoms with Crippen molar-refractivity contribution >= 4 is 5.91 Å². The van der Waals surface area contributed by atoms with E-state index >= 15 is 0 Å². The number of nitrogens with zero attached hydrogens (tertiary/aromatic N) is 1. The molecule has 1 saturated heterocycles. The van der Waals surface area contributed by atoms with Gasteiger partial charge in [-0.3, -0.25) is 4.79 Å². The first-order chi connectivity index (χ1) is 5.72. The molecule has 0 radical (unpaired) electrons. The quantitative estimate of drug-likeness (QED) is 0.547. The third-order valence-electron chi connectivity index (χ3n) is 2.18. The molecular weight excluding hydrogens is 150 g/mol. The Balaban J connectivity index is 0.000000561. The molecule has 2 nitrogen and oxygen atoms in total. The summed E-state index contributed by atoms with van der Waals surface area (Å²) in [6, 6.07) is 0. The van der Waals surface area contributed by atoms with Crippen LogP contribution in [0.5, 0.6) is 0 Å². The second-order valence-corrected chi connectivity index (χ2v) is 3.16. The molecule has 1 heterocycles. The van der Waals surface area contributed by atoms with Gasteiger partial charge in [-0.1, -0.05) is 27.2 Å². The predicted molar refractivity (Wildman–Crippen MR) is 52.0 cm³/mol. The van der Waals surface area contributed by atoms with Crippen molar-refractivity contribution in [2.24, 2.45) is 5.92 Å². The Bertz CT molecular complexity index is 120. The van der Waals surface area contributed by atoms with Crippen molar-refractivity contribution in [1.82, 2.24) is 4.90 Å². The summed E-state index contributed by atoms with van der Waals surface area (Å²) in [5.41, 5.74) is 0. The van der Waals surface area contributed by atoms with E-state index in [-0.39, 0.29) is 5.92 Å². The van der Waals surface area contributed by atoms with Gasteiger partial charge in [-0.25, -0.2) is 0 Å². The molecule has 0 N–H and O–H groups in total. The fraction of sp³-hybridized carbons (Fsp3) is 0.900. The number of hydrogen-bond donors (Lipinski definition) is 0. The molecule has 1 fully saturated rings. The fourth-order valence-corrected chi connectivity index (χ4v) is 1.41. The van der Waals surface area contributed by atoms with Gasteiger partial charge in [0, 0.05) is 19.5 Å². The molecule has 0 aromatic carbocycles. The predicted octanol–water partition coefficient (Wildman–Crippen LogP) is 2.29. The van der Waals surface area contributed by atoms with E-state index in [2.05, 4.69) is 0 Å². The van der Waals surface area contributed by atoms with Gasteiger partial charge >= 0.3 is 0 Å². The molecule has 1 rings (SSSR count). The average molecular weight is 171 g/mol. The van der Waals surface area contributed by atoms with Crippen molar-refractivity contribution in [3.63, 3.8) is 0 Å². The summed E-state index contributed by atoms with van der Waals surface area (Å²) in [7, 11) is 1.89. The molecule has 1 atom stereocenters. The molecule has 0 spiro atoms. The summed E-state index contributed by atoms with van der Waals surface area (Å²) >= 11 is 0. The van der Waals surface area contributed by atoms with Crippen LogP contribution in [-0.4, -0.2) is 24.4 Å². The van der Waals surface area contributed by atoms with E-state index in [1.165, 1.54) is 12.8 Å². The van der Waals surface area contributed by atoms with E-state index < -0.39 is 0 Å². The first-order valence-electron chi connectivity index (χ1n) is 4.97. The normalized spacial score (nSPS) is 24.2. The molecule has 72 valence electrons. The molecule has 0 saturated carbocycles. The van der Waals surface area contributed by atoms with Crippen LogP contribution in [0.25, 0.3) is 0 Å². The maximum Gasteiger partial charge on any atom is 0.225 e. The lowest BCUT2D eigenvalue weighted by atomic mass is 10.1. The van der Waals surface area contributed by atoms with E-state index in [1.807, 2.05) is 32.7 Å². The highest BCUT2D eigenvalue weighted by Gasteiger charge is 2.19. The van der Waals surface area contributed by atoms with Crippen molar-refractivity contribution in [2.75, 3.05) is 13.6 Å². The van der Waals surface area contributed by atoms with Gasteiger partial charge in [0.05, 0.1) is 0 Å². The zero-order valence-corrected chi connectivity index (χ0v) is 8.76. The highest BCUT2D eigenvalue weighted by atomic mass is 16.2. The van der Waals surface area contributed by atoms with Crippen molar-refractivity contribution in [2.45, 2.75) is 40.0 Å². The van der Waals surface area contributed by atoms with Gasteiger partial charge in [0.25, 0.3) is 0 Å². The van der Waals surface area contributed by atoms with Crippen LogP contribution in [0.2, 0.25) is 0 Å². The maximum atomic E-state index is 11.3. The van der Waals surface area contributed by atoms with Crippen LogP contribution in [0.1, 0.15) is 40.0 Å². The first kappa shape index (κ1) is 11.5. The van der Waals surface area contributed by atoms with Crippen molar-refractivity contribution in [3.8, 4) is 0 Å². The zero-order chi connectivity index (χ0) is 9.56. The first-order valence-corrected chi connectivity index (χ1v) is 4.97. The Kier molecular flexibility index (Phi) is 5.77. The summed E-state index contributed by atoms with van der Waals surface area (Å²) in [5.74, 6) is 0.574. The van der Waals surface area contributed by atoms with E-state index in [0.717, 1.165) is 13.0 Å². The molecule has 1 aliphatic rings. The van der Waals surface area contributed by atoms with Gasteiger partial charge in [-0.15, -0.1) is 0 Å². The largest absolute Gasteiger partial charge is 0.346 e. The molecule has 0 bridgehead atoms. The standard InChI is InChI=1S/C8H15NO.C2H6/c1-7-5-3-4-6-9(2)8(7)10;1-2/h7H,3-6H2,1-2H3;1-2H3. The highest BCUT2D eigenvalue weighted by Crippen LogP contribution is 2.15. The molecule has 1 amide bonds. The van der Waals surface area contributed by atoms with Gasteiger partial charge < -0.3 is 4.90 Å². The SMILES string of the molecule is CC.CC1CCCCN(C)C1=O. The number of likely N-dealkylation sites (tertiary alicyclic amines) is 1. The Labute approximate surface area is 75.9 Å². The van der Waals surface area contributed by atoms with E-state index in [9.17, 15) is 4.79 Å². The minimum Gasteiger partial charge on any atom is -0.346 e. The topological polar surface area (TPSA) is 20.3 Å². The van der Waals surface area contributed by atoms with Gasteiger partial charge in [0.15, 0.2) is 0 Å². The molecule has 0 aromatic heterocycles. The van der Waals surface area contributed by atoms with Crippen molar-refractivity contribution < 1.29 is 4.79 Å². The fourth-order valence-electron chi connectivity index (χ4n) is 1.41. The van der Waals surface area contributed by atoms with Crippen LogP contribution in [0.3, 0.4) is 0 Å². The molecule has 0 aliphatic carbocycles. The lowest BCUT2D eigenvalue weighted by Crippen LogP contribution is -2.29. The molecule has 12 heavy (non-hydrogen) atoms. The number of carbonyl (C=O) groups is 1. The smallest absolute Gasteiger partial charge is 0.225 e. The zero-order valence-electron chi connectivity index (χ0n) is 8.76. The van der Waals surface area contributed by atoms with Gasteiger partial charge in [0.1, 0.15) is 0 Å². The number of carbonyl (C=O) groups excluding carboxylic acids is 1. The lowest BCUT2D eigenvalue weighted by Gasteiger charge is -2.16. The molecule has 1 unspecified atom stereocenters. The van der Waals surface area contributed by atoms with E-state index in [0.29, 0.717) is 5.91 Å². The van der Waals surface area contributed by atoms with Crippen LogP contribution in [-0.2, 0) is 4.79 Å². The van der Waals surface area contributed by atoms with Crippen LogP contribution >= 0.6 is 0 Å². The molecular formula is C10H21NO. The molecule has 2 heteroatoms. The molecule has 0 aromatic rings. The Morgan fingerprint density at radius 2 is 1.92 bits per heavy atom. The highest BCUT2D eigenvalue weighted by molar-refractivity contribution is 5.78. The van der Waals surface area contributed by atoms with Crippen LogP contribution < -0.4 is 0 Å². The summed E-state index contributed by atoms with van der Waals surface area (Å²) in [5, 5.41) is 0. The van der Waals surface area contributed by atoms with Crippen LogP contribution in [0.4, 0.5) is 0 Å². The third-order valence-corrected chi connectivity index (χ3v) is 2.18. The second-order valence-electron chi connectivity index (χ2n) is 3.16. The van der Waals surface area contributed by atoms with Crippen LogP contribution in [0.15, 0.2) is 0 Å². The van der Waals surface area contributed by atoms with E-state index in [1.54, 1.807) is 0 Å². The summed E-state index contributed by atoms with van der Waals surface area (Å²) in [6.07, 6.45) is 3.45. The minimum absolute atomic E-state index is 0.257.